The van der Waals surface area contributed by atoms with Crippen LogP contribution in [0.3, 0.4) is 0 Å². The van der Waals surface area contributed by atoms with Gasteiger partial charge in [-0.1, -0.05) is 6.07 Å². The van der Waals surface area contributed by atoms with Crippen molar-refractivity contribution in [1.29, 1.82) is 0 Å². The van der Waals surface area contributed by atoms with Crippen LogP contribution < -0.4 is 10.6 Å². The van der Waals surface area contributed by atoms with Crippen LogP contribution in [0.15, 0.2) is 24.5 Å². The third-order valence-corrected chi connectivity index (χ3v) is 2.92. The van der Waals surface area contributed by atoms with Gasteiger partial charge in [-0.05, 0) is 37.9 Å². The number of carbonyl (C=O) groups excluding carboxylic acids is 1. The highest BCUT2D eigenvalue weighted by atomic mass is 16.2. The zero-order valence-electron chi connectivity index (χ0n) is 9.44. The van der Waals surface area contributed by atoms with Crippen molar-refractivity contribution in [2.45, 2.75) is 31.8 Å². The fourth-order valence-corrected chi connectivity index (χ4v) is 1.94. The third-order valence-electron chi connectivity index (χ3n) is 2.92. The fourth-order valence-electron chi connectivity index (χ4n) is 1.94. The molecule has 16 heavy (non-hydrogen) atoms. The van der Waals surface area contributed by atoms with Crippen molar-refractivity contribution in [3.05, 3.63) is 30.1 Å². The molecule has 2 heterocycles. The highest BCUT2D eigenvalue weighted by Gasteiger charge is 2.23. The molecule has 1 saturated heterocycles. The van der Waals surface area contributed by atoms with E-state index in [2.05, 4.69) is 15.6 Å². The molecular formula is C12H17N3O. The second kappa shape index (κ2) is 5.07. The van der Waals surface area contributed by atoms with Crippen LogP contribution in [0.25, 0.3) is 0 Å². The van der Waals surface area contributed by atoms with Gasteiger partial charge in [-0.3, -0.25) is 9.78 Å². The fraction of sp³-hybridized carbons (Fsp3) is 0.500. The molecule has 2 rings (SSSR count). The number of nitrogens with one attached hydrogen (secondary N) is 2. The number of hydrogen-bond donors (Lipinski definition) is 2. The summed E-state index contributed by atoms with van der Waals surface area (Å²) >= 11 is 0. The Kier molecular flexibility index (Phi) is 3.51. The van der Waals surface area contributed by atoms with E-state index in [4.69, 9.17) is 0 Å². The molecule has 0 spiro atoms. The molecule has 1 aromatic rings. The first kappa shape index (κ1) is 11.1. The quantitative estimate of drug-likeness (QED) is 0.797. The summed E-state index contributed by atoms with van der Waals surface area (Å²) in [5, 5.41) is 6.18. The van der Waals surface area contributed by atoms with Gasteiger partial charge in [0.05, 0.1) is 12.1 Å². The Balaban J connectivity index is 1.92. The number of amides is 1. The maximum absolute atomic E-state index is 11.8. The summed E-state index contributed by atoms with van der Waals surface area (Å²) < 4.78 is 0. The van der Waals surface area contributed by atoms with Crippen molar-refractivity contribution < 1.29 is 4.79 Å². The van der Waals surface area contributed by atoms with Gasteiger partial charge in [0.15, 0.2) is 0 Å². The summed E-state index contributed by atoms with van der Waals surface area (Å²) in [5.74, 6) is 0.0915. The van der Waals surface area contributed by atoms with Crippen LogP contribution in [0.4, 0.5) is 0 Å². The Labute approximate surface area is 95.5 Å². The van der Waals surface area contributed by atoms with Crippen molar-refractivity contribution in [3.8, 4) is 0 Å². The molecule has 1 aromatic heterocycles. The van der Waals surface area contributed by atoms with Gasteiger partial charge < -0.3 is 10.6 Å². The number of hydrogen-bond acceptors (Lipinski definition) is 3. The maximum atomic E-state index is 11.8. The minimum absolute atomic E-state index is 0.0147. The van der Waals surface area contributed by atoms with Crippen LogP contribution in [0.5, 0.6) is 0 Å². The molecule has 86 valence electrons. The summed E-state index contributed by atoms with van der Waals surface area (Å²) in [6, 6.07) is 3.86. The average molecular weight is 219 g/mol. The van der Waals surface area contributed by atoms with E-state index in [-0.39, 0.29) is 18.0 Å². The molecule has 0 bridgehead atoms. The van der Waals surface area contributed by atoms with Crippen molar-refractivity contribution >= 4 is 5.91 Å². The van der Waals surface area contributed by atoms with Gasteiger partial charge in [0.25, 0.3) is 0 Å². The molecule has 2 N–H and O–H groups in total. The van der Waals surface area contributed by atoms with E-state index in [1.165, 1.54) is 0 Å². The van der Waals surface area contributed by atoms with E-state index in [0.29, 0.717) is 0 Å². The van der Waals surface area contributed by atoms with Gasteiger partial charge in [0, 0.05) is 12.4 Å². The van der Waals surface area contributed by atoms with Gasteiger partial charge in [-0.2, -0.15) is 0 Å². The SMILES string of the molecule is CC(NC(=O)[C@@H]1CCCN1)c1cccnc1. The van der Waals surface area contributed by atoms with Crippen LogP contribution in [0.1, 0.15) is 31.4 Å². The molecule has 0 aliphatic carbocycles. The molecule has 1 aliphatic heterocycles. The molecule has 1 amide bonds. The van der Waals surface area contributed by atoms with Crippen molar-refractivity contribution in [1.82, 2.24) is 15.6 Å². The van der Waals surface area contributed by atoms with Crippen molar-refractivity contribution in [2.75, 3.05) is 6.54 Å². The zero-order chi connectivity index (χ0) is 11.4. The van der Waals surface area contributed by atoms with E-state index in [1.54, 1.807) is 12.4 Å². The van der Waals surface area contributed by atoms with Gasteiger partial charge in [0.1, 0.15) is 0 Å². The zero-order valence-corrected chi connectivity index (χ0v) is 9.44. The first-order valence-corrected chi connectivity index (χ1v) is 5.71. The number of carbonyl (C=O) groups is 1. The number of nitrogens with zero attached hydrogens (tertiary/aromatic N) is 1. The lowest BCUT2D eigenvalue weighted by Gasteiger charge is -2.17. The molecule has 4 heteroatoms. The Morgan fingerprint density at radius 2 is 2.56 bits per heavy atom. The second-order valence-electron chi connectivity index (χ2n) is 4.17. The normalized spacial score (nSPS) is 21.7. The molecule has 1 fully saturated rings. The predicted molar refractivity (Wildman–Crippen MR) is 61.8 cm³/mol. The topological polar surface area (TPSA) is 54.0 Å². The Morgan fingerprint density at radius 1 is 1.69 bits per heavy atom. The first-order chi connectivity index (χ1) is 7.77. The number of rotatable bonds is 3. The molecule has 0 saturated carbocycles. The molecule has 4 nitrogen and oxygen atoms in total. The number of pyridine rings is 1. The molecule has 0 aromatic carbocycles. The monoisotopic (exact) mass is 219 g/mol. The summed E-state index contributed by atoms with van der Waals surface area (Å²) in [6.45, 7) is 2.92. The van der Waals surface area contributed by atoms with Crippen LogP contribution >= 0.6 is 0 Å². The molecule has 0 radical (unpaired) electrons. The average Bonchev–Trinajstić information content (AvgIpc) is 2.83. The summed E-state index contributed by atoms with van der Waals surface area (Å²) in [5.41, 5.74) is 1.04. The van der Waals surface area contributed by atoms with Gasteiger partial charge in [-0.25, -0.2) is 0 Å². The van der Waals surface area contributed by atoms with Gasteiger partial charge >= 0.3 is 0 Å². The molecule has 1 aliphatic rings. The molecule has 1 unspecified atom stereocenters. The van der Waals surface area contributed by atoms with Gasteiger partial charge in [-0.15, -0.1) is 0 Å². The Morgan fingerprint density at radius 3 is 3.19 bits per heavy atom. The van der Waals surface area contributed by atoms with E-state index in [9.17, 15) is 4.79 Å². The van der Waals surface area contributed by atoms with E-state index in [1.807, 2.05) is 19.1 Å². The lowest BCUT2D eigenvalue weighted by molar-refractivity contribution is -0.123. The van der Waals surface area contributed by atoms with E-state index >= 15 is 0 Å². The number of aromatic nitrogens is 1. The minimum Gasteiger partial charge on any atom is -0.348 e. The Bertz CT molecular complexity index is 347. The van der Waals surface area contributed by atoms with Crippen molar-refractivity contribution in [2.24, 2.45) is 0 Å². The van der Waals surface area contributed by atoms with E-state index < -0.39 is 0 Å². The first-order valence-electron chi connectivity index (χ1n) is 5.71. The summed E-state index contributed by atoms with van der Waals surface area (Å²) in [6.07, 6.45) is 5.54. The highest BCUT2D eigenvalue weighted by Crippen LogP contribution is 2.12. The van der Waals surface area contributed by atoms with Crippen LogP contribution in [0.2, 0.25) is 0 Å². The minimum atomic E-state index is -0.0147. The van der Waals surface area contributed by atoms with E-state index in [0.717, 1.165) is 24.9 Å². The largest absolute Gasteiger partial charge is 0.348 e. The standard InChI is InChI=1S/C12H17N3O/c1-9(10-4-2-6-13-8-10)15-12(16)11-5-3-7-14-11/h2,4,6,8-9,11,14H,3,5,7H2,1H3,(H,15,16)/t9?,11-/m0/s1. The summed E-state index contributed by atoms with van der Waals surface area (Å²) in [7, 11) is 0. The van der Waals surface area contributed by atoms with Crippen LogP contribution in [0, 0.1) is 0 Å². The van der Waals surface area contributed by atoms with Crippen LogP contribution in [-0.2, 0) is 4.79 Å². The van der Waals surface area contributed by atoms with Crippen molar-refractivity contribution in [3.63, 3.8) is 0 Å². The van der Waals surface area contributed by atoms with Crippen LogP contribution in [-0.4, -0.2) is 23.5 Å². The summed E-state index contributed by atoms with van der Waals surface area (Å²) in [4.78, 5) is 15.9. The Hall–Kier alpha value is -1.42. The highest BCUT2D eigenvalue weighted by molar-refractivity contribution is 5.82. The molecular weight excluding hydrogens is 202 g/mol. The lowest BCUT2D eigenvalue weighted by atomic mass is 10.1. The maximum Gasteiger partial charge on any atom is 0.237 e. The second-order valence-corrected chi connectivity index (χ2v) is 4.17. The predicted octanol–water partition coefficient (Wildman–Crippen LogP) is 1.01. The third kappa shape index (κ3) is 2.58. The van der Waals surface area contributed by atoms with Gasteiger partial charge in [0.2, 0.25) is 5.91 Å². The lowest BCUT2D eigenvalue weighted by Crippen LogP contribution is -2.41. The molecule has 2 atom stereocenters. The smallest absolute Gasteiger partial charge is 0.237 e.